The van der Waals surface area contributed by atoms with E-state index in [2.05, 4.69) is 57.3 Å². The number of aryl methyl sites for hydroxylation is 1. The third-order valence-electron chi connectivity index (χ3n) is 3.56. The summed E-state index contributed by atoms with van der Waals surface area (Å²) < 4.78 is 5.70. The van der Waals surface area contributed by atoms with Gasteiger partial charge >= 0.3 is 0 Å². The van der Waals surface area contributed by atoms with E-state index in [1.54, 1.807) is 7.11 Å². The lowest BCUT2D eigenvalue weighted by Crippen LogP contribution is -2.36. The van der Waals surface area contributed by atoms with Gasteiger partial charge in [0.1, 0.15) is 0 Å². The molecule has 0 spiro atoms. The number of benzene rings is 1. The Hall–Kier alpha value is -0.860. The third-order valence-corrected chi connectivity index (χ3v) is 3.56. The summed E-state index contributed by atoms with van der Waals surface area (Å²) in [5, 5.41) is 3.56. The van der Waals surface area contributed by atoms with Gasteiger partial charge in [0.2, 0.25) is 0 Å². The SMILES string of the molecule is CCCc1ccc(C(NCC)C(OC)C(C)C)cc1. The first-order chi connectivity index (χ1) is 9.13. The zero-order valence-electron chi connectivity index (χ0n) is 13.1. The Morgan fingerprint density at radius 3 is 2.16 bits per heavy atom. The zero-order chi connectivity index (χ0) is 14.3. The molecular formula is C17H29NO. The van der Waals surface area contributed by atoms with Gasteiger partial charge in [-0.25, -0.2) is 0 Å². The van der Waals surface area contributed by atoms with Gasteiger partial charge in [-0.05, 0) is 30.0 Å². The van der Waals surface area contributed by atoms with Crippen LogP contribution in [-0.2, 0) is 11.2 Å². The van der Waals surface area contributed by atoms with E-state index in [-0.39, 0.29) is 12.1 Å². The van der Waals surface area contributed by atoms with Crippen LogP contribution in [0.15, 0.2) is 24.3 Å². The average Bonchev–Trinajstić information content (AvgIpc) is 2.39. The second kappa shape index (κ2) is 8.34. The summed E-state index contributed by atoms with van der Waals surface area (Å²) in [4.78, 5) is 0. The van der Waals surface area contributed by atoms with Crippen LogP contribution in [-0.4, -0.2) is 19.8 Å². The van der Waals surface area contributed by atoms with Crippen molar-refractivity contribution in [2.24, 2.45) is 5.92 Å². The first-order valence-corrected chi connectivity index (χ1v) is 7.49. The first-order valence-electron chi connectivity index (χ1n) is 7.49. The molecule has 0 aliphatic heterocycles. The van der Waals surface area contributed by atoms with Crippen LogP contribution in [0.1, 0.15) is 51.3 Å². The van der Waals surface area contributed by atoms with Crippen LogP contribution >= 0.6 is 0 Å². The van der Waals surface area contributed by atoms with E-state index in [1.165, 1.54) is 17.5 Å². The molecule has 108 valence electrons. The average molecular weight is 263 g/mol. The topological polar surface area (TPSA) is 21.3 Å². The molecule has 1 aromatic rings. The quantitative estimate of drug-likeness (QED) is 0.766. The van der Waals surface area contributed by atoms with Crippen molar-refractivity contribution < 1.29 is 4.74 Å². The fourth-order valence-corrected chi connectivity index (χ4v) is 2.62. The van der Waals surface area contributed by atoms with Crippen LogP contribution in [0.2, 0.25) is 0 Å². The largest absolute Gasteiger partial charge is 0.379 e. The van der Waals surface area contributed by atoms with E-state index in [0.29, 0.717) is 5.92 Å². The number of rotatable bonds is 8. The van der Waals surface area contributed by atoms with Gasteiger partial charge < -0.3 is 10.1 Å². The number of hydrogen-bond acceptors (Lipinski definition) is 2. The van der Waals surface area contributed by atoms with Crippen LogP contribution < -0.4 is 5.32 Å². The highest BCUT2D eigenvalue weighted by molar-refractivity contribution is 5.26. The molecular weight excluding hydrogens is 234 g/mol. The van der Waals surface area contributed by atoms with Crippen molar-refractivity contribution in [3.8, 4) is 0 Å². The Kier molecular flexibility index (Phi) is 7.11. The maximum Gasteiger partial charge on any atom is 0.0788 e. The summed E-state index contributed by atoms with van der Waals surface area (Å²) in [7, 11) is 1.81. The summed E-state index contributed by atoms with van der Waals surface area (Å²) in [6, 6.07) is 9.25. The lowest BCUT2D eigenvalue weighted by atomic mass is 9.92. The molecule has 1 N–H and O–H groups in total. The van der Waals surface area contributed by atoms with Gasteiger partial charge in [0, 0.05) is 7.11 Å². The van der Waals surface area contributed by atoms with Crippen molar-refractivity contribution in [2.75, 3.05) is 13.7 Å². The highest BCUT2D eigenvalue weighted by atomic mass is 16.5. The molecule has 0 aromatic heterocycles. The second-order valence-corrected chi connectivity index (χ2v) is 5.47. The van der Waals surface area contributed by atoms with E-state index in [0.717, 1.165) is 13.0 Å². The lowest BCUT2D eigenvalue weighted by Gasteiger charge is -2.30. The summed E-state index contributed by atoms with van der Waals surface area (Å²) in [5.74, 6) is 0.490. The molecule has 0 radical (unpaired) electrons. The number of hydrogen-bond donors (Lipinski definition) is 1. The molecule has 0 heterocycles. The molecule has 0 aliphatic carbocycles. The van der Waals surface area contributed by atoms with Gasteiger partial charge in [0.05, 0.1) is 12.1 Å². The molecule has 1 aromatic carbocycles. The monoisotopic (exact) mass is 263 g/mol. The number of ether oxygens (including phenoxy) is 1. The molecule has 0 fully saturated rings. The van der Waals surface area contributed by atoms with E-state index in [1.807, 2.05) is 0 Å². The van der Waals surface area contributed by atoms with Gasteiger partial charge in [0.15, 0.2) is 0 Å². The minimum Gasteiger partial charge on any atom is -0.379 e. The molecule has 19 heavy (non-hydrogen) atoms. The fraction of sp³-hybridized carbons (Fsp3) is 0.647. The minimum atomic E-state index is 0.206. The predicted octanol–water partition coefficient (Wildman–Crippen LogP) is 3.96. The Balaban J connectivity index is 2.91. The molecule has 0 bridgehead atoms. The highest BCUT2D eigenvalue weighted by Gasteiger charge is 2.24. The van der Waals surface area contributed by atoms with Crippen molar-refractivity contribution in [2.45, 2.75) is 52.7 Å². The van der Waals surface area contributed by atoms with Crippen molar-refractivity contribution in [1.29, 1.82) is 0 Å². The molecule has 2 heteroatoms. The summed E-state index contributed by atoms with van der Waals surface area (Å²) in [5.41, 5.74) is 2.74. The minimum absolute atomic E-state index is 0.206. The lowest BCUT2D eigenvalue weighted by molar-refractivity contribution is 0.0331. The fourth-order valence-electron chi connectivity index (χ4n) is 2.62. The first kappa shape index (κ1) is 16.2. The molecule has 2 nitrogen and oxygen atoms in total. The van der Waals surface area contributed by atoms with Crippen LogP contribution in [0.25, 0.3) is 0 Å². The molecule has 2 atom stereocenters. The van der Waals surface area contributed by atoms with Crippen molar-refractivity contribution in [1.82, 2.24) is 5.32 Å². The van der Waals surface area contributed by atoms with E-state index in [4.69, 9.17) is 4.74 Å². The Labute approximate surface area is 118 Å². The van der Waals surface area contributed by atoms with Crippen molar-refractivity contribution in [3.05, 3.63) is 35.4 Å². The molecule has 0 saturated carbocycles. The van der Waals surface area contributed by atoms with Gasteiger partial charge in [-0.15, -0.1) is 0 Å². The van der Waals surface area contributed by atoms with Crippen LogP contribution in [0.3, 0.4) is 0 Å². The van der Waals surface area contributed by atoms with Gasteiger partial charge in [-0.3, -0.25) is 0 Å². The van der Waals surface area contributed by atoms with Crippen molar-refractivity contribution >= 4 is 0 Å². The van der Waals surface area contributed by atoms with Gasteiger partial charge in [-0.2, -0.15) is 0 Å². The maximum absolute atomic E-state index is 5.70. The smallest absolute Gasteiger partial charge is 0.0788 e. The van der Waals surface area contributed by atoms with Crippen molar-refractivity contribution in [3.63, 3.8) is 0 Å². The molecule has 2 unspecified atom stereocenters. The van der Waals surface area contributed by atoms with Gasteiger partial charge in [-0.1, -0.05) is 58.4 Å². The summed E-state index contributed by atoms with van der Waals surface area (Å²) in [6.45, 7) is 9.74. The molecule has 0 amide bonds. The van der Waals surface area contributed by atoms with E-state index >= 15 is 0 Å². The van der Waals surface area contributed by atoms with E-state index < -0.39 is 0 Å². The predicted molar refractivity (Wildman–Crippen MR) is 82.5 cm³/mol. The number of likely N-dealkylation sites (N-methyl/N-ethyl adjacent to an activating group) is 1. The third kappa shape index (κ3) is 4.63. The number of nitrogens with one attached hydrogen (secondary N) is 1. The zero-order valence-corrected chi connectivity index (χ0v) is 13.1. The Morgan fingerprint density at radius 2 is 1.74 bits per heavy atom. The molecule has 0 aliphatic rings. The Morgan fingerprint density at radius 1 is 1.11 bits per heavy atom. The molecule has 0 saturated heterocycles. The summed E-state index contributed by atoms with van der Waals surface area (Å²) in [6.07, 6.45) is 2.56. The molecule has 1 rings (SSSR count). The highest BCUT2D eigenvalue weighted by Crippen LogP contribution is 2.25. The standard InChI is InChI=1S/C17H29NO/c1-6-8-14-9-11-15(12-10-14)16(18-7-2)17(19-5)13(3)4/h9-13,16-18H,6-8H2,1-5H3. The van der Waals surface area contributed by atoms with E-state index in [9.17, 15) is 0 Å². The Bertz CT molecular complexity index is 345. The number of methoxy groups -OCH3 is 1. The van der Waals surface area contributed by atoms with Crippen LogP contribution in [0.5, 0.6) is 0 Å². The van der Waals surface area contributed by atoms with Crippen LogP contribution in [0.4, 0.5) is 0 Å². The van der Waals surface area contributed by atoms with Gasteiger partial charge in [0.25, 0.3) is 0 Å². The summed E-state index contributed by atoms with van der Waals surface area (Å²) >= 11 is 0. The normalized spacial score (nSPS) is 14.6. The second-order valence-electron chi connectivity index (χ2n) is 5.47. The maximum atomic E-state index is 5.70. The van der Waals surface area contributed by atoms with Crippen LogP contribution in [0, 0.1) is 5.92 Å².